The molecule has 0 atom stereocenters. The van der Waals surface area contributed by atoms with Crippen molar-refractivity contribution in [3.8, 4) is 11.9 Å². The zero-order valence-electron chi connectivity index (χ0n) is 8.33. The number of nitrogens with zero attached hydrogens (tertiary/aromatic N) is 2. The van der Waals surface area contributed by atoms with Gasteiger partial charge in [-0.05, 0) is 6.07 Å². The molecule has 0 aliphatic rings. The summed E-state index contributed by atoms with van der Waals surface area (Å²) in [5.41, 5.74) is 5.27. The van der Waals surface area contributed by atoms with E-state index in [9.17, 15) is 17.6 Å². The molecule has 0 spiro atoms. The normalized spacial score (nSPS) is 11.3. The number of anilines is 1. The van der Waals surface area contributed by atoms with E-state index < -0.39 is 24.8 Å². The van der Waals surface area contributed by atoms with Crippen LogP contribution in [0, 0.1) is 11.3 Å². The van der Waals surface area contributed by atoms with Crippen LogP contribution in [0.1, 0.15) is 5.56 Å². The molecule has 0 aromatic carbocycles. The maximum atomic E-state index is 12.5. The standard InChI is InChI=1S/C9H7F4N3O/c10-8(11)9(12,13)4-17-7-6(15)1-5(2-14)3-16-7/h1,3,8H,4,15H2. The minimum absolute atomic E-state index is 0.107. The zero-order valence-corrected chi connectivity index (χ0v) is 8.33. The van der Waals surface area contributed by atoms with Gasteiger partial charge >= 0.3 is 12.3 Å². The predicted octanol–water partition coefficient (Wildman–Crippen LogP) is 1.81. The van der Waals surface area contributed by atoms with Crippen molar-refractivity contribution >= 4 is 5.69 Å². The van der Waals surface area contributed by atoms with Crippen molar-refractivity contribution in [1.29, 1.82) is 5.26 Å². The lowest BCUT2D eigenvalue weighted by Gasteiger charge is -2.16. The summed E-state index contributed by atoms with van der Waals surface area (Å²) in [6, 6.07) is 2.86. The maximum Gasteiger partial charge on any atom is 0.340 e. The van der Waals surface area contributed by atoms with E-state index in [1.54, 1.807) is 6.07 Å². The number of aromatic nitrogens is 1. The van der Waals surface area contributed by atoms with Crippen LogP contribution in [0.25, 0.3) is 0 Å². The van der Waals surface area contributed by atoms with Gasteiger partial charge in [-0.1, -0.05) is 0 Å². The van der Waals surface area contributed by atoms with E-state index in [1.807, 2.05) is 0 Å². The molecule has 1 rings (SSSR count). The van der Waals surface area contributed by atoms with Gasteiger partial charge in [-0.25, -0.2) is 13.8 Å². The van der Waals surface area contributed by atoms with Crippen LogP contribution in [0.3, 0.4) is 0 Å². The van der Waals surface area contributed by atoms with Crippen molar-refractivity contribution < 1.29 is 22.3 Å². The summed E-state index contributed by atoms with van der Waals surface area (Å²) < 4.78 is 53.0. The smallest absolute Gasteiger partial charge is 0.340 e. The number of rotatable bonds is 4. The molecule has 0 bridgehead atoms. The lowest BCUT2D eigenvalue weighted by Crippen LogP contribution is -2.34. The Morgan fingerprint density at radius 2 is 2.18 bits per heavy atom. The van der Waals surface area contributed by atoms with Crippen molar-refractivity contribution in [3.05, 3.63) is 17.8 Å². The van der Waals surface area contributed by atoms with E-state index in [1.165, 1.54) is 0 Å². The molecule has 0 saturated carbocycles. The van der Waals surface area contributed by atoms with Gasteiger partial charge in [0.1, 0.15) is 6.07 Å². The van der Waals surface area contributed by atoms with Gasteiger partial charge in [0.15, 0.2) is 6.61 Å². The summed E-state index contributed by atoms with van der Waals surface area (Å²) >= 11 is 0. The molecule has 8 heteroatoms. The van der Waals surface area contributed by atoms with E-state index in [-0.39, 0.29) is 11.3 Å². The number of pyridine rings is 1. The second-order valence-electron chi connectivity index (χ2n) is 3.08. The van der Waals surface area contributed by atoms with Crippen LogP contribution in [-0.4, -0.2) is 23.9 Å². The van der Waals surface area contributed by atoms with E-state index in [4.69, 9.17) is 11.0 Å². The van der Waals surface area contributed by atoms with Crippen molar-refractivity contribution in [2.24, 2.45) is 0 Å². The molecule has 0 radical (unpaired) electrons. The van der Waals surface area contributed by atoms with Crippen LogP contribution in [-0.2, 0) is 0 Å². The number of alkyl halides is 4. The fourth-order valence-electron chi connectivity index (χ4n) is 0.879. The summed E-state index contributed by atoms with van der Waals surface area (Å²) in [6.07, 6.45) is -2.80. The van der Waals surface area contributed by atoms with Crippen molar-refractivity contribution in [2.75, 3.05) is 12.3 Å². The minimum Gasteiger partial charge on any atom is -0.470 e. The Kier molecular flexibility index (Phi) is 3.73. The van der Waals surface area contributed by atoms with Crippen molar-refractivity contribution in [2.45, 2.75) is 12.3 Å². The third kappa shape index (κ3) is 3.21. The molecular weight excluding hydrogens is 242 g/mol. The first kappa shape index (κ1) is 13.0. The molecule has 4 nitrogen and oxygen atoms in total. The third-order valence-electron chi connectivity index (χ3n) is 1.73. The molecule has 0 aliphatic heterocycles. The Morgan fingerprint density at radius 3 is 2.65 bits per heavy atom. The van der Waals surface area contributed by atoms with Gasteiger partial charge in [-0.2, -0.15) is 14.0 Å². The van der Waals surface area contributed by atoms with Gasteiger partial charge in [0, 0.05) is 6.20 Å². The van der Waals surface area contributed by atoms with Crippen molar-refractivity contribution in [3.63, 3.8) is 0 Å². The maximum absolute atomic E-state index is 12.5. The third-order valence-corrected chi connectivity index (χ3v) is 1.73. The monoisotopic (exact) mass is 249 g/mol. The highest BCUT2D eigenvalue weighted by Gasteiger charge is 2.42. The van der Waals surface area contributed by atoms with Crippen LogP contribution in [0.5, 0.6) is 5.88 Å². The number of nitriles is 1. The van der Waals surface area contributed by atoms with Gasteiger partial charge < -0.3 is 10.5 Å². The molecule has 1 aromatic heterocycles. The number of halogens is 4. The van der Waals surface area contributed by atoms with E-state index in [0.29, 0.717) is 0 Å². The lowest BCUT2D eigenvalue weighted by atomic mass is 10.3. The fourth-order valence-corrected chi connectivity index (χ4v) is 0.879. The molecular formula is C9H7F4N3O. The summed E-state index contributed by atoms with van der Waals surface area (Å²) in [7, 11) is 0. The largest absolute Gasteiger partial charge is 0.470 e. The fraction of sp³-hybridized carbons (Fsp3) is 0.333. The highest BCUT2D eigenvalue weighted by molar-refractivity contribution is 5.51. The Labute approximate surface area is 93.6 Å². The van der Waals surface area contributed by atoms with Crippen LogP contribution in [0.15, 0.2) is 12.3 Å². The van der Waals surface area contributed by atoms with Gasteiger partial charge in [-0.15, -0.1) is 0 Å². The second-order valence-corrected chi connectivity index (χ2v) is 3.08. The number of nitrogens with two attached hydrogens (primary N) is 1. The molecule has 0 unspecified atom stereocenters. The second kappa shape index (κ2) is 4.86. The average molecular weight is 249 g/mol. The van der Waals surface area contributed by atoms with E-state index in [0.717, 1.165) is 12.3 Å². The molecule has 1 heterocycles. The molecule has 92 valence electrons. The quantitative estimate of drug-likeness (QED) is 0.826. The Balaban J connectivity index is 2.74. The Morgan fingerprint density at radius 1 is 1.53 bits per heavy atom. The lowest BCUT2D eigenvalue weighted by molar-refractivity contribution is -0.148. The van der Waals surface area contributed by atoms with E-state index >= 15 is 0 Å². The van der Waals surface area contributed by atoms with Crippen LogP contribution in [0.4, 0.5) is 23.2 Å². The Hall–Kier alpha value is -2.04. The minimum atomic E-state index is -4.28. The molecule has 0 aliphatic carbocycles. The first-order valence-electron chi connectivity index (χ1n) is 4.31. The SMILES string of the molecule is N#Cc1cnc(OCC(F)(F)C(F)F)c(N)c1. The molecule has 1 aromatic rings. The summed E-state index contributed by atoms with van der Waals surface area (Å²) in [5.74, 6) is -4.69. The van der Waals surface area contributed by atoms with Gasteiger partial charge in [0.05, 0.1) is 11.3 Å². The average Bonchev–Trinajstić information content (AvgIpc) is 2.27. The topological polar surface area (TPSA) is 71.9 Å². The van der Waals surface area contributed by atoms with Crippen LogP contribution < -0.4 is 10.5 Å². The Bertz CT molecular complexity index is 444. The van der Waals surface area contributed by atoms with Crippen LogP contribution >= 0.6 is 0 Å². The predicted molar refractivity (Wildman–Crippen MR) is 49.8 cm³/mol. The first-order valence-corrected chi connectivity index (χ1v) is 4.31. The number of hydrogen-bond acceptors (Lipinski definition) is 4. The molecule has 0 saturated heterocycles. The number of hydrogen-bond donors (Lipinski definition) is 1. The zero-order chi connectivity index (χ0) is 13.1. The molecule has 17 heavy (non-hydrogen) atoms. The summed E-state index contributed by atoms with van der Waals surface area (Å²) in [4.78, 5) is 3.46. The number of nitrogen functional groups attached to an aromatic ring is 1. The molecule has 0 amide bonds. The molecule has 0 fully saturated rings. The highest BCUT2D eigenvalue weighted by Crippen LogP contribution is 2.25. The molecule has 2 N–H and O–H groups in total. The highest BCUT2D eigenvalue weighted by atomic mass is 19.3. The van der Waals surface area contributed by atoms with Crippen molar-refractivity contribution in [1.82, 2.24) is 4.98 Å². The number of ether oxygens (including phenoxy) is 1. The first-order chi connectivity index (χ1) is 7.86. The summed E-state index contributed by atoms with van der Waals surface area (Å²) in [5, 5.41) is 8.48. The summed E-state index contributed by atoms with van der Waals surface area (Å²) in [6.45, 7) is -1.53. The van der Waals surface area contributed by atoms with Gasteiger partial charge in [0.25, 0.3) is 0 Å². The van der Waals surface area contributed by atoms with Gasteiger partial charge in [-0.3, -0.25) is 0 Å². The van der Waals surface area contributed by atoms with Gasteiger partial charge in [0.2, 0.25) is 5.88 Å². The van der Waals surface area contributed by atoms with E-state index in [2.05, 4.69) is 9.72 Å². The van der Waals surface area contributed by atoms with Crippen LogP contribution in [0.2, 0.25) is 0 Å².